The van der Waals surface area contributed by atoms with Gasteiger partial charge in [-0.2, -0.15) is 4.31 Å². The molecule has 0 aromatic heterocycles. The van der Waals surface area contributed by atoms with E-state index in [4.69, 9.17) is 4.74 Å². The quantitative estimate of drug-likeness (QED) is 0.727. The molecule has 1 N–H and O–H groups in total. The lowest BCUT2D eigenvalue weighted by Crippen LogP contribution is -2.48. The molecule has 1 amide bonds. The highest BCUT2D eigenvalue weighted by Crippen LogP contribution is 2.23. The summed E-state index contributed by atoms with van der Waals surface area (Å²) in [5, 5.41) is 2.71. The van der Waals surface area contributed by atoms with Crippen LogP contribution < -0.4 is 10.1 Å². The van der Waals surface area contributed by atoms with Gasteiger partial charge < -0.3 is 10.1 Å². The van der Waals surface area contributed by atoms with Crippen LogP contribution in [0, 0.1) is 6.92 Å². The first kappa shape index (κ1) is 22.3. The molecule has 30 heavy (non-hydrogen) atoms. The van der Waals surface area contributed by atoms with Gasteiger partial charge in [-0.05, 0) is 30.7 Å². The summed E-state index contributed by atoms with van der Waals surface area (Å²) in [7, 11) is -1.86. The van der Waals surface area contributed by atoms with Crippen LogP contribution in [0.15, 0.2) is 47.4 Å². The van der Waals surface area contributed by atoms with E-state index < -0.39 is 10.0 Å². The third-order valence-corrected chi connectivity index (χ3v) is 7.18. The van der Waals surface area contributed by atoms with Gasteiger partial charge in [-0.15, -0.1) is 0 Å². The van der Waals surface area contributed by atoms with Gasteiger partial charge in [0.05, 0.1) is 12.0 Å². The number of amides is 1. The lowest BCUT2D eigenvalue weighted by atomic mass is 10.1. The van der Waals surface area contributed by atoms with E-state index in [1.54, 1.807) is 35.7 Å². The van der Waals surface area contributed by atoms with Crippen molar-refractivity contribution in [3.8, 4) is 5.75 Å². The fourth-order valence-corrected chi connectivity index (χ4v) is 4.98. The largest absolute Gasteiger partial charge is 0.496 e. The number of sulfonamides is 1. The molecule has 0 spiro atoms. The Kier molecular flexibility index (Phi) is 7.12. The molecule has 0 atom stereocenters. The van der Waals surface area contributed by atoms with Crippen LogP contribution in [0.5, 0.6) is 5.75 Å². The van der Waals surface area contributed by atoms with Crippen molar-refractivity contribution in [3.05, 3.63) is 59.2 Å². The molecule has 3 rings (SSSR count). The SMILES string of the molecule is COc1ccc(C)cc1CN1CCN(S(=O)(=O)c2ccc(CNC(C)=O)cc2)CC1. The Labute approximate surface area is 178 Å². The Morgan fingerprint density at radius 2 is 1.73 bits per heavy atom. The zero-order valence-corrected chi connectivity index (χ0v) is 18.5. The van der Waals surface area contributed by atoms with E-state index in [9.17, 15) is 13.2 Å². The van der Waals surface area contributed by atoms with Crippen LogP contribution in [0.3, 0.4) is 0 Å². The first-order valence-electron chi connectivity index (χ1n) is 9.99. The Morgan fingerprint density at radius 1 is 1.07 bits per heavy atom. The molecule has 1 aliphatic rings. The average Bonchev–Trinajstić information content (AvgIpc) is 2.73. The van der Waals surface area contributed by atoms with Crippen molar-refractivity contribution in [2.24, 2.45) is 0 Å². The molecular weight excluding hydrogens is 402 g/mol. The van der Waals surface area contributed by atoms with E-state index in [-0.39, 0.29) is 10.8 Å². The molecule has 1 fully saturated rings. The molecule has 7 nitrogen and oxygen atoms in total. The second-order valence-electron chi connectivity index (χ2n) is 7.55. The van der Waals surface area contributed by atoms with E-state index in [2.05, 4.69) is 23.2 Å². The second kappa shape index (κ2) is 9.59. The average molecular weight is 432 g/mol. The van der Waals surface area contributed by atoms with Crippen molar-refractivity contribution in [1.82, 2.24) is 14.5 Å². The van der Waals surface area contributed by atoms with E-state index in [1.807, 2.05) is 12.1 Å². The van der Waals surface area contributed by atoms with Crippen molar-refractivity contribution in [2.75, 3.05) is 33.3 Å². The second-order valence-corrected chi connectivity index (χ2v) is 9.49. The fraction of sp³-hybridized carbons (Fsp3) is 0.409. The number of rotatable bonds is 7. The first-order valence-corrected chi connectivity index (χ1v) is 11.4. The van der Waals surface area contributed by atoms with Crippen LogP contribution in [0.4, 0.5) is 0 Å². The van der Waals surface area contributed by atoms with Gasteiger partial charge >= 0.3 is 0 Å². The number of benzene rings is 2. The lowest BCUT2D eigenvalue weighted by molar-refractivity contribution is -0.119. The number of nitrogens with zero attached hydrogens (tertiary/aromatic N) is 2. The third kappa shape index (κ3) is 5.38. The monoisotopic (exact) mass is 431 g/mol. The van der Waals surface area contributed by atoms with Crippen molar-refractivity contribution in [3.63, 3.8) is 0 Å². The number of nitrogens with one attached hydrogen (secondary N) is 1. The number of hydrogen-bond donors (Lipinski definition) is 1. The smallest absolute Gasteiger partial charge is 0.243 e. The highest BCUT2D eigenvalue weighted by Gasteiger charge is 2.28. The first-order chi connectivity index (χ1) is 14.3. The number of methoxy groups -OCH3 is 1. The zero-order valence-electron chi connectivity index (χ0n) is 17.7. The van der Waals surface area contributed by atoms with Crippen LogP contribution in [-0.4, -0.2) is 56.8 Å². The van der Waals surface area contributed by atoms with E-state index in [0.29, 0.717) is 32.7 Å². The minimum atomic E-state index is -3.53. The van der Waals surface area contributed by atoms with Gasteiger partial charge in [-0.1, -0.05) is 29.8 Å². The third-order valence-electron chi connectivity index (χ3n) is 5.26. The van der Waals surface area contributed by atoms with Crippen molar-refractivity contribution in [2.45, 2.75) is 31.8 Å². The number of carbonyl (C=O) groups is 1. The van der Waals surface area contributed by atoms with E-state index in [1.165, 1.54) is 12.5 Å². The Balaban J connectivity index is 1.61. The predicted octanol–water partition coefficient (Wildman–Crippen LogP) is 2.15. The summed E-state index contributed by atoms with van der Waals surface area (Å²) in [5.74, 6) is 0.739. The normalized spacial score (nSPS) is 15.7. The standard InChI is InChI=1S/C22H29N3O4S/c1-17-4-9-22(29-3)20(14-17)16-24-10-12-25(13-11-24)30(27,28)21-7-5-19(6-8-21)15-23-18(2)26/h4-9,14H,10-13,15-16H2,1-3H3,(H,23,26). The van der Waals surface area contributed by atoms with Crippen LogP contribution in [-0.2, 0) is 27.9 Å². The highest BCUT2D eigenvalue weighted by molar-refractivity contribution is 7.89. The summed E-state index contributed by atoms with van der Waals surface area (Å²) in [6.45, 7) is 6.85. The summed E-state index contributed by atoms with van der Waals surface area (Å²) in [6, 6.07) is 12.8. The topological polar surface area (TPSA) is 79.0 Å². The fourth-order valence-electron chi connectivity index (χ4n) is 3.55. The van der Waals surface area contributed by atoms with Crippen LogP contribution >= 0.6 is 0 Å². The molecule has 2 aromatic carbocycles. The summed E-state index contributed by atoms with van der Waals surface area (Å²) in [5.41, 5.74) is 3.15. The minimum absolute atomic E-state index is 0.118. The predicted molar refractivity (Wildman–Crippen MR) is 116 cm³/mol. The summed E-state index contributed by atoms with van der Waals surface area (Å²) < 4.78 is 33.0. The van der Waals surface area contributed by atoms with Crippen molar-refractivity contribution < 1.29 is 17.9 Å². The molecule has 0 radical (unpaired) electrons. The van der Waals surface area contributed by atoms with Crippen LogP contribution in [0.1, 0.15) is 23.6 Å². The van der Waals surface area contributed by atoms with Gasteiger partial charge in [-0.3, -0.25) is 9.69 Å². The van der Waals surface area contributed by atoms with Gasteiger partial charge in [0.1, 0.15) is 5.75 Å². The van der Waals surface area contributed by atoms with Gasteiger partial charge in [0, 0.05) is 51.8 Å². The number of aryl methyl sites for hydroxylation is 1. The molecule has 1 aliphatic heterocycles. The van der Waals surface area contributed by atoms with Gasteiger partial charge in [0.2, 0.25) is 15.9 Å². The van der Waals surface area contributed by atoms with E-state index in [0.717, 1.165) is 23.4 Å². The molecule has 2 aromatic rings. The van der Waals surface area contributed by atoms with Crippen molar-refractivity contribution >= 4 is 15.9 Å². The maximum atomic E-state index is 13.0. The number of piperazine rings is 1. The number of ether oxygens (including phenoxy) is 1. The maximum absolute atomic E-state index is 13.0. The lowest BCUT2D eigenvalue weighted by Gasteiger charge is -2.34. The van der Waals surface area contributed by atoms with Gasteiger partial charge in [0.25, 0.3) is 0 Å². The number of carbonyl (C=O) groups excluding carboxylic acids is 1. The van der Waals surface area contributed by atoms with Crippen molar-refractivity contribution in [1.29, 1.82) is 0 Å². The Morgan fingerprint density at radius 3 is 2.33 bits per heavy atom. The number of hydrogen-bond acceptors (Lipinski definition) is 5. The molecule has 0 unspecified atom stereocenters. The summed E-state index contributed by atoms with van der Waals surface area (Å²) in [6.07, 6.45) is 0. The molecule has 0 bridgehead atoms. The van der Waals surface area contributed by atoms with Crippen LogP contribution in [0.2, 0.25) is 0 Å². The molecule has 1 saturated heterocycles. The Hall–Kier alpha value is -2.42. The highest BCUT2D eigenvalue weighted by atomic mass is 32.2. The molecule has 0 aliphatic carbocycles. The molecule has 1 heterocycles. The van der Waals surface area contributed by atoms with Crippen LogP contribution in [0.25, 0.3) is 0 Å². The molecule has 162 valence electrons. The van der Waals surface area contributed by atoms with E-state index >= 15 is 0 Å². The summed E-state index contributed by atoms with van der Waals surface area (Å²) in [4.78, 5) is 13.5. The van der Waals surface area contributed by atoms with Gasteiger partial charge in [-0.25, -0.2) is 8.42 Å². The summed E-state index contributed by atoms with van der Waals surface area (Å²) >= 11 is 0. The zero-order chi connectivity index (χ0) is 21.7. The maximum Gasteiger partial charge on any atom is 0.243 e. The molecule has 8 heteroatoms. The minimum Gasteiger partial charge on any atom is -0.496 e. The molecular formula is C22H29N3O4S. The Bertz CT molecular complexity index is 982. The van der Waals surface area contributed by atoms with Gasteiger partial charge in [0.15, 0.2) is 0 Å². The molecule has 0 saturated carbocycles.